The highest BCUT2D eigenvalue weighted by atomic mass is 32.2. The highest BCUT2D eigenvalue weighted by Gasteiger charge is 2.22. The van der Waals surface area contributed by atoms with E-state index in [1.54, 1.807) is 24.3 Å². The Morgan fingerprint density at radius 3 is 2.33 bits per heavy atom. The van der Waals surface area contributed by atoms with Crippen LogP contribution in [0, 0.1) is 0 Å². The van der Waals surface area contributed by atoms with Gasteiger partial charge in [-0.25, -0.2) is 13.6 Å². The minimum atomic E-state index is -3.73. The van der Waals surface area contributed by atoms with Gasteiger partial charge in [-0.1, -0.05) is 0 Å². The van der Waals surface area contributed by atoms with Crippen LogP contribution >= 0.6 is 0 Å². The third-order valence-corrected chi connectivity index (χ3v) is 5.84. The molecule has 30 heavy (non-hydrogen) atoms. The topological polar surface area (TPSA) is 120 Å². The molecule has 1 aliphatic heterocycles. The molecule has 2 aromatic carbocycles. The second kappa shape index (κ2) is 8.80. The van der Waals surface area contributed by atoms with E-state index in [4.69, 9.17) is 19.3 Å². The Balaban J connectivity index is 1.65. The smallest absolute Gasteiger partial charge is 0.238 e. The number of benzene rings is 2. The van der Waals surface area contributed by atoms with Crippen molar-refractivity contribution in [3.05, 3.63) is 35.9 Å². The summed E-state index contributed by atoms with van der Waals surface area (Å²) in [5.41, 5.74) is 2.36. The van der Waals surface area contributed by atoms with E-state index in [2.05, 4.69) is 10.2 Å². The van der Waals surface area contributed by atoms with Gasteiger partial charge in [-0.2, -0.15) is 0 Å². The maximum atomic E-state index is 12.5. The Bertz CT molecular complexity index is 1030. The summed E-state index contributed by atoms with van der Waals surface area (Å²) in [5, 5.41) is 8.04. The van der Waals surface area contributed by atoms with Gasteiger partial charge in [-0.15, -0.1) is 0 Å². The van der Waals surface area contributed by atoms with Gasteiger partial charge in [0.25, 0.3) is 0 Å². The summed E-state index contributed by atoms with van der Waals surface area (Å²) in [6.07, 6.45) is 0.959. The molecule has 0 bridgehead atoms. The number of sulfonamides is 1. The van der Waals surface area contributed by atoms with Gasteiger partial charge in [-0.3, -0.25) is 4.79 Å². The van der Waals surface area contributed by atoms with Gasteiger partial charge >= 0.3 is 0 Å². The average Bonchev–Trinajstić information content (AvgIpc) is 3.13. The van der Waals surface area contributed by atoms with Crippen LogP contribution in [0.2, 0.25) is 0 Å². The number of ether oxygens (including phenoxy) is 3. The quantitative estimate of drug-likeness (QED) is 0.648. The minimum Gasteiger partial charge on any atom is -0.493 e. The summed E-state index contributed by atoms with van der Waals surface area (Å²) in [6.45, 7) is 1.21. The normalized spacial score (nSPS) is 13.0. The Kier molecular flexibility index (Phi) is 6.37. The molecule has 10 heteroatoms. The van der Waals surface area contributed by atoms with Crippen LogP contribution in [-0.2, 0) is 21.2 Å². The van der Waals surface area contributed by atoms with Crippen molar-refractivity contribution in [1.29, 1.82) is 0 Å². The number of nitrogens with two attached hydrogens (primary N) is 1. The molecular weight excluding hydrogens is 410 g/mol. The second-order valence-corrected chi connectivity index (χ2v) is 8.35. The molecule has 3 rings (SSSR count). The van der Waals surface area contributed by atoms with Crippen molar-refractivity contribution in [2.75, 3.05) is 44.6 Å². The molecule has 0 saturated heterocycles. The largest absolute Gasteiger partial charge is 0.493 e. The van der Waals surface area contributed by atoms with Crippen LogP contribution in [0.3, 0.4) is 0 Å². The number of fused-ring (bicyclic) bond motifs is 1. The minimum absolute atomic E-state index is 0.100. The van der Waals surface area contributed by atoms with Crippen LogP contribution in [0.4, 0.5) is 11.4 Å². The number of amides is 1. The van der Waals surface area contributed by atoms with Crippen LogP contribution in [0.15, 0.2) is 35.2 Å². The van der Waals surface area contributed by atoms with Gasteiger partial charge in [0.1, 0.15) is 0 Å². The molecule has 0 saturated carbocycles. The predicted octanol–water partition coefficient (Wildman–Crippen LogP) is 1.75. The van der Waals surface area contributed by atoms with Crippen molar-refractivity contribution in [3.63, 3.8) is 0 Å². The summed E-state index contributed by atoms with van der Waals surface area (Å²) in [4.78, 5) is 14.6. The highest BCUT2D eigenvalue weighted by molar-refractivity contribution is 7.89. The first-order valence-corrected chi connectivity index (χ1v) is 10.8. The lowest BCUT2D eigenvalue weighted by Gasteiger charge is -2.19. The fourth-order valence-electron chi connectivity index (χ4n) is 3.47. The van der Waals surface area contributed by atoms with Gasteiger partial charge in [0.05, 0.1) is 26.2 Å². The molecule has 3 N–H and O–H groups in total. The zero-order valence-corrected chi connectivity index (χ0v) is 17.9. The standard InChI is InChI=1S/C20H25N3O6S/c1-27-17-11-14(12-18(28-2)20(17)29-3)22-19(24)7-9-23-8-6-13-10-15(30(21,25)26)4-5-16(13)23/h4-5,10-12H,6-9H2,1-3H3,(H,22,24)(H2,21,25,26). The number of carbonyl (C=O) groups excluding carboxylic acids is 1. The summed E-state index contributed by atoms with van der Waals surface area (Å²) in [5.74, 6) is 1.18. The van der Waals surface area contributed by atoms with Gasteiger partial charge in [-0.05, 0) is 30.2 Å². The monoisotopic (exact) mass is 435 g/mol. The molecule has 9 nitrogen and oxygen atoms in total. The molecule has 2 aromatic rings. The van der Waals surface area contributed by atoms with Crippen molar-refractivity contribution in [2.45, 2.75) is 17.7 Å². The Morgan fingerprint density at radius 1 is 1.10 bits per heavy atom. The first-order valence-electron chi connectivity index (χ1n) is 9.27. The van der Waals surface area contributed by atoms with Crippen molar-refractivity contribution in [2.24, 2.45) is 5.14 Å². The summed E-state index contributed by atoms with van der Waals surface area (Å²) in [7, 11) is 0.799. The molecule has 0 fully saturated rings. The number of hydrogen-bond donors (Lipinski definition) is 2. The SMILES string of the molecule is COc1cc(NC(=O)CCN2CCc3cc(S(N)(=O)=O)ccc32)cc(OC)c1OC. The summed E-state index contributed by atoms with van der Waals surface area (Å²) >= 11 is 0. The maximum Gasteiger partial charge on any atom is 0.238 e. The van der Waals surface area contributed by atoms with Crippen LogP contribution in [0.5, 0.6) is 17.2 Å². The van der Waals surface area contributed by atoms with Gasteiger partial charge in [0.15, 0.2) is 11.5 Å². The van der Waals surface area contributed by atoms with E-state index < -0.39 is 10.0 Å². The lowest BCUT2D eigenvalue weighted by atomic mass is 10.2. The molecule has 0 atom stereocenters. The van der Waals surface area contributed by atoms with Crippen molar-refractivity contribution >= 4 is 27.3 Å². The van der Waals surface area contributed by atoms with Crippen molar-refractivity contribution in [1.82, 2.24) is 0 Å². The number of hydrogen-bond acceptors (Lipinski definition) is 7. The zero-order valence-electron chi connectivity index (χ0n) is 17.1. The number of anilines is 2. The van der Waals surface area contributed by atoms with Crippen molar-refractivity contribution in [3.8, 4) is 17.2 Å². The molecule has 0 aliphatic carbocycles. The maximum absolute atomic E-state index is 12.5. The number of primary sulfonamides is 1. The molecule has 0 radical (unpaired) electrons. The molecule has 162 valence electrons. The summed E-state index contributed by atoms with van der Waals surface area (Å²) in [6, 6.07) is 8.15. The number of methoxy groups -OCH3 is 3. The molecule has 1 amide bonds. The lowest BCUT2D eigenvalue weighted by molar-refractivity contribution is -0.116. The van der Waals surface area contributed by atoms with Crippen LogP contribution in [-0.4, -0.2) is 48.7 Å². The number of carbonyl (C=O) groups is 1. The molecule has 0 aromatic heterocycles. The number of nitrogens with one attached hydrogen (secondary N) is 1. The van der Waals surface area contributed by atoms with Gasteiger partial charge in [0.2, 0.25) is 21.7 Å². The molecule has 0 unspecified atom stereocenters. The van der Waals surface area contributed by atoms with Gasteiger partial charge < -0.3 is 24.4 Å². The zero-order chi connectivity index (χ0) is 21.9. The van der Waals surface area contributed by atoms with E-state index in [0.717, 1.165) is 11.3 Å². The first-order chi connectivity index (χ1) is 14.3. The van der Waals surface area contributed by atoms with Gasteiger partial charge in [0, 0.05) is 43.0 Å². The molecular formula is C20H25N3O6S. The predicted molar refractivity (Wildman–Crippen MR) is 113 cm³/mol. The van der Waals surface area contributed by atoms with Crippen LogP contribution in [0.25, 0.3) is 0 Å². The molecule has 0 spiro atoms. The van der Waals surface area contributed by atoms with Crippen LogP contribution < -0.4 is 29.6 Å². The number of nitrogens with zero attached hydrogens (tertiary/aromatic N) is 1. The lowest BCUT2D eigenvalue weighted by Crippen LogP contribution is -2.26. The summed E-state index contributed by atoms with van der Waals surface area (Å²) < 4.78 is 38.9. The second-order valence-electron chi connectivity index (χ2n) is 6.78. The third-order valence-electron chi connectivity index (χ3n) is 4.93. The van der Waals surface area contributed by atoms with E-state index in [1.165, 1.54) is 27.4 Å². The Labute approximate surface area is 175 Å². The Morgan fingerprint density at radius 2 is 1.77 bits per heavy atom. The molecule has 1 heterocycles. The first kappa shape index (κ1) is 21.7. The average molecular weight is 436 g/mol. The van der Waals surface area contributed by atoms with E-state index in [0.29, 0.717) is 42.4 Å². The fourth-order valence-corrected chi connectivity index (χ4v) is 4.03. The highest BCUT2D eigenvalue weighted by Crippen LogP contribution is 2.40. The Hall–Kier alpha value is -2.98. The van der Waals surface area contributed by atoms with E-state index in [-0.39, 0.29) is 17.2 Å². The van der Waals surface area contributed by atoms with Crippen LogP contribution in [0.1, 0.15) is 12.0 Å². The van der Waals surface area contributed by atoms with E-state index >= 15 is 0 Å². The third kappa shape index (κ3) is 4.60. The fraction of sp³-hybridized carbons (Fsp3) is 0.350. The molecule has 1 aliphatic rings. The van der Waals surface area contributed by atoms with Crippen molar-refractivity contribution < 1.29 is 27.4 Å². The number of rotatable bonds is 8. The van der Waals surface area contributed by atoms with E-state index in [1.807, 2.05) is 0 Å². The van der Waals surface area contributed by atoms with E-state index in [9.17, 15) is 13.2 Å².